The molecular formula is C15H18N4O3. The lowest BCUT2D eigenvalue weighted by Crippen LogP contribution is -2.41. The third-order valence-corrected chi connectivity index (χ3v) is 3.58. The van der Waals surface area contributed by atoms with Crippen LogP contribution in [0.3, 0.4) is 0 Å². The smallest absolute Gasteiger partial charge is 0.261 e. The maximum atomic E-state index is 12.1. The monoisotopic (exact) mass is 302 g/mol. The fraction of sp³-hybridized carbons (Fsp3) is 0.400. The molecule has 116 valence electrons. The Bertz CT molecular complexity index is 683. The van der Waals surface area contributed by atoms with Crippen molar-refractivity contribution in [1.29, 1.82) is 0 Å². The molecule has 1 aliphatic rings. The second-order valence-electron chi connectivity index (χ2n) is 5.34. The van der Waals surface area contributed by atoms with Gasteiger partial charge in [0, 0.05) is 13.0 Å². The van der Waals surface area contributed by atoms with Gasteiger partial charge in [-0.25, -0.2) is 0 Å². The van der Waals surface area contributed by atoms with Crippen molar-refractivity contribution >= 4 is 11.9 Å². The van der Waals surface area contributed by atoms with E-state index < -0.39 is 6.10 Å². The molecule has 7 heteroatoms. The van der Waals surface area contributed by atoms with Crippen LogP contribution in [0.4, 0.5) is 5.95 Å². The first-order valence-corrected chi connectivity index (χ1v) is 7.24. The van der Waals surface area contributed by atoms with E-state index in [9.17, 15) is 4.79 Å². The van der Waals surface area contributed by atoms with Crippen LogP contribution in [0, 0.1) is 6.92 Å². The number of nitrogen functional groups attached to an aromatic ring is 1. The van der Waals surface area contributed by atoms with Gasteiger partial charge in [0.2, 0.25) is 5.89 Å². The second kappa shape index (κ2) is 6.05. The Hall–Kier alpha value is -2.57. The first-order valence-electron chi connectivity index (χ1n) is 7.24. The second-order valence-corrected chi connectivity index (χ2v) is 5.34. The van der Waals surface area contributed by atoms with Gasteiger partial charge in [-0.3, -0.25) is 4.79 Å². The summed E-state index contributed by atoms with van der Waals surface area (Å²) in [5, 5.41) is 6.31. The zero-order valence-corrected chi connectivity index (χ0v) is 12.3. The number of nitrogens with two attached hydrogens (primary N) is 1. The fourth-order valence-electron chi connectivity index (χ4n) is 2.48. The molecule has 22 heavy (non-hydrogen) atoms. The minimum absolute atomic E-state index is 0.101. The molecule has 3 N–H and O–H groups in total. The predicted octanol–water partition coefficient (Wildman–Crippen LogP) is 1.01. The molecule has 0 bridgehead atoms. The molecular weight excluding hydrogens is 284 g/mol. The summed E-state index contributed by atoms with van der Waals surface area (Å²) in [6, 6.07) is 6.01. The summed E-state index contributed by atoms with van der Waals surface area (Å²) in [4.78, 5) is 16.0. The lowest BCUT2D eigenvalue weighted by molar-refractivity contribution is -0.128. The van der Waals surface area contributed by atoms with E-state index in [0.717, 1.165) is 17.7 Å². The molecule has 0 aliphatic carbocycles. The summed E-state index contributed by atoms with van der Waals surface area (Å²) in [6.07, 6.45) is 1.51. The summed E-state index contributed by atoms with van der Waals surface area (Å²) in [7, 11) is 0. The highest BCUT2D eigenvalue weighted by Crippen LogP contribution is 2.28. The topological polar surface area (TPSA) is 103 Å². The average Bonchev–Trinajstić information content (AvgIpc) is 2.92. The maximum Gasteiger partial charge on any atom is 0.261 e. The predicted molar refractivity (Wildman–Crippen MR) is 79.3 cm³/mol. The Morgan fingerprint density at radius 3 is 3.14 bits per heavy atom. The van der Waals surface area contributed by atoms with E-state index in [1.165, 1.54) is 5.56 Å². The maximum absolute atomic E-state index is 12.1. The minimum atomic E-state index is -0.456. The number of nitrogens with one attached hydrogen (secondary N) is 1. The van der Waals surface area contributed by atoms with Crippen molar-refractivity contribution in [3.8, 4) is 5.75 Å². The number of rotatable bonds is 4. The van der Waals surface area contributed by atoms with Gasteiger partial charge in [-0.05, 0) is 36.6 Å². The van der Waals surface area contributed by atoms with Crippen molar-refractivity contribution in [2.75, 3.05) is 12.3 Å². The van der Waals surface area contributed by atoms with E-state index in [0.29, 0.717) is 25.3 Å². The van der Waals surface area contributed by atoms with Crippen molar-refractivity contribution in [3.63, 3.8) is 0 Å². The van der Waals surface area contributed by atoms with Crippen LogP contribution >= 0.6 is 0 Å². The number of nitrogens with zero attached hydrogens (tertiary/aromatic N) is 2. The molecule has 1 unspecified atom stereocenters. The number of anilines is 1. The highest BCUT2D eigenvalue weighted by Gasteiger charge is 2.25. The van der Waals surface area contributed by atoms with Crippen LogP contribution in [-0.4, -0.2) is 28.7 Å². The molecule has 1 aliphatic heterocycles. The van der Waals surface area contributed by atoms with Crippen LogP contribution in [0.5, 0.6) is 5.75 Å². The normalized spacial score (nSPS) is 16.7. The summed E-state index contributed by atoms with van der Waals surface area (Å²) < 4.78 is 10.7. The van der Waals surface area contributed by atoms with E-state index in [1.807, 2.05) is 19.1 Å². The van der Waals surface area contributed by atoms with Gasteiger partial charge in [-0.2, -0.15) is 4.98 Å². The van der Waals surface area contributed by atoms with Gasteiger partial charge in [0.1, 0.15) is 5.75 Å². The molecule has 2 aromatic rings. The van der Waals surface area contributed by atoms with Gasteiger partial charge in [-0.15, -0.1) is 0 Å². The van der Waals surface area contributed by atoms with Crippen LogP contribution in [0.15, 0.2) is 22.7 Å². The van der Waals surface area contributed by atoms with Gasteiger partial charge in [-0.1, -0.05) is 17.7 Å². The molecule has 7 nitrogen and oxygen atoms in total. The Morgan fingerprint density at radius 2 is 2.36 bits per heavy atom. The molecule has 0 radical (unpaired) electrons. The molecule has 3 rings (SSSR count). The number of benzene rings is 1. The van der Waals surface area contributed by atoms with Gasteiger partial charge < -0.3 is 20.3 Å². The summed E-state index contributed by atoms with van der Waals surface area (Å²) >= 11 is 0. The number of amides is 1. The average molecular weight is 302 g/mol. The Morgan fingerprint density at radius 1 is 1.50 bits per heavy atom. The molecule has 0 fully saturated rings. The van der Waals surface area contributed by atoms with Crippen molar-refractivity contribution < 1.29 is 14.1 Å². The van der Waals surface area contributed by atoms with E-state index in [1.54, 1.807) is 0 Å². The Kier molecular flexibility index (Phi) is 3.95. The van der Waals surface area contributed by atoms with Crippen molar-refractivity contribution in [2.24, 2.45) is 0 Å². The number of hydrogen-bond acceptors (Lipinski definition) is 6. The number of aromatic nitrogens is 2. The number of ether oxygens (including phenoxy) is 1. The molecule has 0 saturated carbocycles. The number of fused-ring (bicyclic) bond motifs is 1. The van der Waals surface area contributed by atoms with Crippen molar-refractivity contribution in [2.45, 2.75) is 32.3 Å². The number of hydrogen-bond donors (Lipinski definition) is 2. The van der Waals surface area contributed by atoms with Crippen molar-refractivity contribution in [3.05, 3.63) is 35.2 Å². The molecule has 1 aromatic heterocycles. The largest absolute Gasteiger partial charge is 0.480 e. The highest BCUT2D eigenvalue weighted by molar-refractivity contribution is 5.81. The number of carbonyl (C=O) groups is 1. The van der Waals surface area contributed by atoms with Crippen LogP contribution in [0.1, 0.15) is 23.4 Å². The van der Waals surface area contributed by atoms with Crippen LogP contribution in [-0.2, 0) is 17.6 Å². The molecule has 2 heterocycles. The van der Waals surface area contributed by atoms with Gasteiger partial charge in [0.25, 0.3) is 11.9 Å². The summed E-state index contributed by atoms with van der Waals surface area (Å²) in [6.45, 7) is 2.45. The SMILES string of the molecule is Cc1ccc2c(c1)CCC(C(=O)NCCc1nc(N)no1)O2. The van der Waals surface area contributed by atoms with E-state index in [4.69, 9.17) is 15.0 Å². The van der Waals surface area contributed by atoms with E-state index in [-0.39, 0.29) is 11.9 Å². The molecule has 0 spiro atoms. The lowest BCUT2D eigenvalue weighted by atomic mass is 10.00. The zero-order chi connectivity index (χ0) is 15.5. The quantitative estimate of drug-likeness (QED) is 0.873. The van der Waals surface area contributed by atoms with E-state index >= 15 is 0 Å². The Labute approximate surface area is 127 Å². The van der Waals surface area contributed by atoms with Crippen LogP contribution in [0.25, 0.3) is 0 Å². The van der Waals surface area contributed by atoms with Crippen LogP contribution < -0.4 is 15.8 Å². The van der Waals surface area contributed by atoms with Gasteiger partial charge in [0.15, 0.2) is 6.10 Å². The zero-order valence-electron chi connectivity index (χ0n) is 12.3. The third kappa shape index (κ3) is 3.19. The standard InChI is InChI=1S/C15H18N4O3/c1-9-2-4-11-10(8-9)3-5-12(21-11)14(20)17-7-6-13-18-15(16)19-22-13/h2,4,8,12H,3,5-7H2,1H3,(H2,16,19)(H,17,20). The molecule has 1 atom stereocenters. The number of aryl methyl sites for hydroxylation is 2. The Balaban J connectivity index is 1.52. The first-order chi connectivity index (χ1) is 10.6. The molecule has 1 amide bonds. The lowest BCUT2D eigenvalue weighted by Gasteiger charge is -2.25. The molecule has 0 saturated heterocycles. The number of carbonyl (C=O) groups excluding carboxylic acids is 1. The summed E-state index contributed by atoms with van der Waals surface area (Å²) in [5.41, 5.74) is 7.72. The third-order valence-electron chi connectivity index (χ3n) is 3.58. The van der Waals surface area contributed by atoms with Gasteiger partial charge >= 0.3 is 0 Å². The van der Waals surface area contributed by atoms with Crippen LogP contribution in [0.2, 0.25) is 0 Å². The highest BCUT2D eigenvalue weighted by atomic mass is 16.5. The first kappa shape index (κ1) is 14.4. The van der Waals surface area contributed by atoms with E-state index in [2.05, 4.69) is 21.5 Å². The van der Waals surface area contributed by atoms with Crippen molar-refractivity contribution in [1.82, 2.24) is 15.5 Å². The minimum Gasteiger partial charge on any atom is -0.480 e. The van der Waals surface area contributed by atoms with Gasteiger partial charge in [0.05, 0.1) is 0 Å². The molecule has 1 aromatic carbocycles. The summed E-state index contributed by atoms with van der Waals surface area (Å²) in [5.74, 6) is 1.17. The fourth-order valence-corrected chi connectivity index (χ4v) is 2.48.